The normalized spacial score (nSPS) is 13.3. The minimum Gasteiger partial charge on any atom is -0.497 e. The molecule has 7 heteroatoms. The lowest BCUT2D eigenvalue weighted by Gasteiger charge is -2.35. The third kappa shape index (κ3) is 5.68. The number of nitrogens with one attached hydrogen (secondary N) is 1. The number of ether oxygens (including phenoxy) is 2. The summed E-state index contributed by atoms with van der Waals surface area (Å²) in [5.74, 6) is 1.59. The van der Waals surface area contributed by atoms with Crippen molar-refractivity contribution in [1.82, 2.24) is 5.09 Å². The number of hydrogen-bond donors (Lipinski definition) is 1. The third-order valence-electron chi connectivity index (χ3n) is 10.2. The van der Waals surface area contributed by atoms with Crippen molar-refractivity contribution in [3.63, 3.8) is 0 Å². The molecule has 9 rings (SSSR count). The SMILES string of the molecule is COc1ccc(-c2cccc3cccc(N4c5ccccc5N(c5cccc6cccc(-c7ccc(OC)cc7)c56)P4(=O)NCc4ccccc4)c23)cc1. The molecule has 0 spiro atoms. The van der Waals surface area contributed by atoms with Crippen molar-refractivity contribution in [1.29, 1.82) is 0 Å². The maximum absolute atomic E-state index is 16.8. The molecule has 8 aromatic carbocycles. The van der Waals surface area contributed by atoms with Crippen LogP contribution in [0.2, 0.25) is 0 Å². The molecule has 0 amide bonds. The number of methoxy groups -OCH3 is 2. The molecule has 0 aromatic heterocycles. The number of nitrogens with zero attached hydrogens (tertiary/aromatic N) is 2. The first-order chi connectivity index (χ1) is 26.6. The summed E-state index contributed by atoms with van der Waals surface area (Å²) in [6, 6.07) is 59.9. The van der Waals surface area contributed by atoms with E-state index >= 15 is 4.57 Å². The molecule has 0 fully saturated rings. The smallest absolute Gasteiger partial charge is 0.342 e. The summed E-state index contributed by atoms with van der Waals surface area (Å²) in [7, 11) is -0.406. The molecule has 0 aliphatic carbocycles. The zero-order chi connectivity index (χ0) is 36.6. The van der Waals surface area contributed by atoms with Crippen LogP contribution in [0.3, 0.4) is 0 Å². The molecule has 0 atom stereocenters. The van der Waals surface area contributed by atoms with E-state index in [0.717, 1.165) is 83.6 Å². The van der Waals surface area contributed by atoms with E-state index < -0.39 is 7.59 Å². The molecule has 0 bridgehead atoms. The first kappa shape index (κ1) is 33.5. The molecule has 0 saturated carbocycles. The predicted molar refractivity (Wildman–Crippen MR) is 223 cm³/mol. The number of benzene rings is 8. The standard InChI is InChI=1S/C47H38N3O3P/c1-52-38-28-24-34(25-29-38)40-18-8-14-36-16-10-22-44(46(36)40)49-42-20-6-7-21-43(42)50(54(49,51)48-32-33-12-4-3-5-13-33)45-23-11-17-37-15-9-19-41(47(37)45)35-26-30-39(53-2)31-27-35/h3-31H,32H2,1-2H3,(H,48,51). The summed E-state index contributed by atoms with van der Waals surface area (Å²) in [4.78, 5) is 0. The van der Waals surface area contributed by atoms with Gasteiger partial charge in [-0.2, -0.15) is 0 Å². The van der Waals surface area contributed by atoms with E-state index in [-0.39, 0.29) is 0 Å². The summed E-state index contributed by atoms with van der Waals surface area (Å²) in [6.07, 6.45) is 0. The molecular formula is C47H38N3O3P. The van der Waals surface area contributed by atoms with Gasteiger partial charge in [0.05, 0.1) is 37.0 Å². The molecule has 8 aromatic rings. The van der Waals surface area contributed by atoms with Crippen molar-refractivity contribution in [3.8, 4) is 33.8 Å². The van der Waals surface area contributed by atoms with Gasteiger partial charge in [-0.1, -0.05) is 127 Å². The average molecular weight is 724 g/mol. The summed E-state index contributed by atoms with van der Waals surface area (Å²) in [6.45, 7) is 0.394. The van der Waals surface area contributed by atoms with Gasteiger partial charge in [0.15, 0.2) is 0 Å². The monoisotopic (exact) mass is 723 g/mol. The second-order valence-corrected chi connectivity index (χ2v) is 15.5. The highest BCUT2D eigenvalue weighted by Gasteiger charge is 2.48. The molecule has 1 heterocycles. The Hall–Kier alpha value is -6.33. The fraction of sp³-hybridized carbons (Fsp3) is 0.0638. The van der Waals surface area contributed by atoms with Crippen LogP contribution in [-0.2, 0) is 11.1 Å². The topological polar surface area (TPSA) is 54.0 Å². The number of fused-ring (bicyclic) bond motifs is 3. The van der Waals surface area contributed by atoms with Crippen LogP contribution >= 0.6 is 7.59 Å². The molecular weight excluding hydrogens is 686 g/mol. The summed E-state index contributed by atoms with van der Waals surface area (Å²) in [5, 5.41) is 7.81. The van der Waals surface area contributed by atoms with Crippen LogP contribution in [0.5, 0.6) is 11.5 Å². The van der Waals surface area contributed by atoms with Crippen LogP contribution in [0.15, 0.2) is 176 Å². The van der Waals surface area contributed by atoms with Crippen molar-refractivity contribution in [2.75, 3.05) is 23.6 Å². The summed E-state index contributed by atoms with van der Waals surface area (Å²) in [5.41, 5.74) is 8.65. The second kappa shape index (κ2) is 13.9. The Morgan fingerprint density at radius 2 is 0.870 bits per heavy atom. The molecule has 0 saturated heterocycles. The van der Waals surface area contributed by atoms with Crippen LogP contribution in [0.25, 0.3) is 43.8 Å². The van der Waals surface area contributed by atoms with Crippen LogP contribution in [0, 0.1) is 0 Å². The summed E-state index contributed by atoms with van der Waals surface area (Å²) < 4.78 is 31.9. The Kier molecular flexibility index (Phi) is 8.63. The molecule has 1 aliphatic rings. The maximum Gasteiger partial charge on any atom is 0.342 e. The van der Waals surface area contributed by atoms with Crippen molar-refractivity contribution >= 4 is 51.9 Å². The third-order valence-corrected chi connectivity index (χ3v) is 12.8. The van der Waals surface area contributed by atoms with E-state index in [9.17, 15) is 0 Å². The van der Waals surface area contributed by atoms with Gasteiger partial charge in [-0.15, -0.1) is 0 Å². The fourth-order valence-electron chi connectivity index (χ4n) is 7.70. The first-order valence-corrected chi connectivity index (χ1v) is 19.6. The molecule has 6 nitrogen and oxygen atoms in total. The lowest BCUT2D eigenvalue weighted by Crippen LogP contribution is -2.29. The molecule has 54 heavy (non-hydrogen) atoms. The Labute approximate surface area is 315 Å². The highest BCUT2D eigenvalue weighted by molar-refractivity contribution is 7.66. The van der Waals surface area contributed by atoms with E-state index in [4.69, 9.17) is 9.47 Å². The molecule has 1 aliphatic heterocycles. The van der Waals surface area contributed by atoms with E-state index in [0.29, 0.717) is 6.54 Å². The van der Waals surface area contributed by atoms with Gasteiger partial charge in [0, 0.05) is 17.3 Å². The maximum atomic E-state index is 16.8. The highest BCUT2D eigenvalue weighted by atomic mass is 31.2. The van der Waals surface area contributed by atoms with E-state index in [2.05, 4.69) is 136 Å². The zero-order valence-corrected chi connectivity index (χ0v) is 30.9. The van der Waals surface area contributed by atoms with Gasteiger partial charge in [-0.05, 0) is 87.1 Å². The summed E-state index contributed by atoms with van der Waals surface area (Å²) >= 11 is 0. The first-order valence-electron chi connectivity index (χ1n) is 18.0. The fourth-order valence-corrected chi connectivity index (χ4v) is 10.4. The molecule has 0 unspecified atom stereocenters. The minimum absolute atomic E-state index is 0.394. The van der Waals surface area contributed by atoms with E-state index in [1.54, 1.807) is 14.2 Å². The largest absolute Gasteiger partial charge is 0.497 e. The number of hydrogen-bond acceptors (Lipinski definition) is 3. The Balaban J connectivity index is 1.31. The Morgan fingerprint density at radius 3 is 1.31 bits per heavy atom. The van der Waals surface area contributed by atoms with Crippen LogP contribution in [0.4, 0.5) is 22.7 Å². The lowest BCUT2D eigenvalue weighted by atomic mass is 9.96. The van der Waals surface area contributed by atoms with Crippen molar-refractivity contribution < 1.29 is 14.0 Å². The van der Waals surface area contributed by atoms with Crippen LogP contribution in [0.1, 0.15) is 5.56 Å². The van der Waals surface area contributed by atoms with E-state index in [1.165, 1.54) is 0 Å². The van der Waals surface area contributed by atoms with Gasteiger partial charge in [0.1, 0.15) is 11.5 Å². The second-order valence-electron chi connectivity index (χ2n) is 13.3. The van der Waals surface area contributed by atoms with E-state index in [1.807, 2.05) is 54.6 Å². The highest BCUT2D eigenvalue weighted by Crippen LogP contribution is 2.70. The van der Waals surface area contributed by atoms with Gasteiger partial charge < -0.3 is 9.47 Å². The minimum atomic E-state index is -3.76. The quantitative estimate of drug-likeness (QED) is 0.150. The zero-order valence-electron chi connectivity index (χ0n) is 30.0. The van der Waals surface area contributed by atoms with Gasteiger partial charge in [-0.3, -0.25) is 13.9 Å². The van der Waals surface area contributed by atoms with Crippen LogP contribution in [-0.4, -0.2) is 14.2 Å². The van der Waals surface area contributed by atoms with Gasteiger partial charge in [0.2, 0.25) is 0 Å². The van der Waals surface area contributed by atoms with Gasteiger partial charge >= 0.3 is 7.59 Å². The predicted octanol–water partition coefficient (Wildman–Crippen LogP) is 12.5. The Morgan fingerprint density at radius 1 is 0.463 bits per heavy atom. The molecule has 1 N–H and O–H groups in total. The van der Waals surface area contributed by atoms with Crippen molar-refractivity contribution in [2.45, 2.75) is 6.54 Å². The molecule has 0 radical (unpaired) electrons. The molecule has 264 valence electrons. The lowest BCUT2D eigenvalue weighted by molar-refractivity contribution is 0.415. The van der Waals surface area contributed by atoms with Crippen molar-refractivity contribution in [2.24, 2.45) is 0 Å². The van der Waals surface area contributed by atoms with Crippen LogP contribution < -0.4 is 23.9 Å². The van der Waals surface area contributed by atoms with Gasteiger partial charge in [0.25, 0.3) is 0 Å². The Bertz CT molecular complexity index is 2510. The number of rotatable bonds is 9. The average Bonchev–Trinajstić information content (AvgIpc) is 3.50. The van der Waals surface area contributed by atoms with Gasteiger partial charge in [-0.25, -0.2) is 5.09 Å². The van der Waals surface area contributed by atoms with Crippen molar-refractivity contribution in [3.05, 3.63) is 181 Å². The number of anilines is 4. The number of para-hydroxylation sites is 2.